The van der Waals surface area contributed by atoms with Gasteiger partial charge in [-0.25, -0.2) is 0 Å². The van der Waals surface area contributed by atoms with Crippen molar-refractivity contribution in [3.05, 3.63) is 35.9 Å². The first-order chi connectivity index (χ1) is 6.31. The molecule has 1 heteroatoms. The Kier molecular flexibility index (Phi) is 1.37. The van der Waals surface area contributed by atoms with Crippen molar-refractivity contribution in [2.24, 2.45) is 11.8 Å². The number of aliphatic hydroxyl groups is 1. The maximum atomic E-state index is 10.5. The molecule has 0 heterocycles. The maximum Gasteiger partial charge on any atom is 0.0927 e. The predicted molar refractivity (Wildman–Crippen MR) is 51.2 cm³/mol. The van der Waals surface area contributed by atoms with Crippen molar-refractivity contribution >= 4 is 0 Å². The molecule has 1 N–H and O–H groups in total. The zero-order valence-electron chi connectivity index (χ0n) is 7.61. The molecule has 0 radical (unpaired) electrons. The lowest BCUT2D eigenvalue weighted by Gasteiger charge is -2.25. The standard InChI is InChI=1S/C12H14O/c13-12(7-6-9-8-11(9)12)10-4-2-1-3-5-10/h1-5,9,11,13H,6-8H2. The molecule has 3 unspecified atom stereocenters. The number of benzene rings is 1. The van der Waals surface area contributed by atoms with Gasteiger partial charge >= 0.3 is 0 Å². The van der Waals surface area contributed by atoms with Crippen molar-refractivity contribution in [3.8, 4) is 0 Å². The molecule has 1 aromatic carbocycles. The minimum Gasteiger partial charge on any atom is -0.385 e. The summed E-state index contributed by atoms with van der Waals surface area (Å²) in [6, 6.07) is 10.2. The summed E-state index contributed by atoms with van der Waals surface area (Å²) in [6.07, 6.45) is 3.42. The molecule has 0 aliphatic heterocycles. The Hall–Kier alpha value is -0.820. The Bertz CT molecular complexity index is 319. The number of rotatable bonds is 1. The first-order valence-electron chi connectivity index (χ1n) is 5.08. The van der Waals surface area contributed by atoms with Gasteiger partial charge in [-0.3, -0.25) is 0 Å². The molecule has 0 spiro atoms. The van der Waals surface area contributed by atoms with E-state index in [4.69, 9.17) is 0 Å². The lowest BCUT2D eigenvalue weighted by molar-refractivity contribution is 0.0207. The lowest BCUT2D eigenvalue weighted by Crippen LogP contribution is -2.25. The van der Waals surface area contributed by atoms with E-state index in [1.807, 2.05) is 18.2 Å². The van der Waals surface area contributed by atoms with Crippen LogP contribution in [0, 0.1) is 11.8 Å². The van der Waals surface area contributed by atoms with Crippen molar-refractivity contribution in [3.63, 3.8) is 0 Å². The van der Waals surface area contributed by atoms with E-state index in [0.29, 0.717) is 5.92 Å². The van der Waals surface area contributed by atoms with Crippen molar-refractivity contribution < 1.29 is 5.11 Å². The molecule has 2 saturated carbocycles. The van der Waals surface area contributed by atoms with Gasteiger partial charge in [-0.05, 0) is 36.7 Å². The van der Waals surface area contributed by atoms with Crippen LogP contribution in [-0.4, -0.2) is 5.11 Å². The molecule has 3 atom stereocenters. The molecule has 0 aromatic heterocycles. The average Bonchev–Trinajstić information content (AvgIpc) is 2.90. The van der Waals surface area contributed by atoms with Crippen molar-refractivity contribution in [1.82, 2.24) is 0 Å². The van der Waals surface area contributed by atoms with Gasteiger partial charge in [-0.2, -0.15) is 0 Å². The SMILES string of the molecule is OC1(c2ccccc2)CCC2CC21. The van der Waals surface area contributed by atoms with Gasteiger partial charge in [0.05, 0.1) is 5.60 Å². The second-order valence-electron chi connectivity index (χ2n) is 4.43. The fraction of sp³-hybridized carbons (Fsp3) is 0.500. The van der Waals surface area contributed by atoms with Gasteiger partial charge in [0, 0.05) is 0 Å². The minimum absolute atomic E-state index is 0.480. The van der Waals surface area contributed by atoms with Gasteiger partial charge in [-0.1, -0.05) is 30.3 Å². The highest BCUT2D eigenvalue weighted by atomic mass is 16.3. The van der Waals surface area contributed by atoms with Crippen LogP contribution in [0.1, 0.15) is 24.8 Å². The van der Waals surface area contributed by atoms with Gasteiger partial charge in [0.15, 0.2) is 0 Å². The van der Waals surface area contributed by atoms with Gasteiger partial charge in [0.25, 0.3) is 0 Å². The van der Waals surface area contributed by atoms with Crippen LogP contribution in [0.15, 0.2) is 30.3 Å². The predicted octanol–water partition coefficient (Wildman–Crippen LogP) is 2.30. The third-order valence-electron chi connectivity index (χ3n) is 3.71. The lowest BCUT2D eigenvalue weighted by atomic mass is 9.89. The largest absolute Gasteiger partial charge is 0.385 e. The highest BCUT2D eigenvalue weighted by molar-refractivity contribution is 5.28. The smallest absolute Gasteiger partial charge is 0.0927 e. The molecule has 1 nitrogen and oxygen atoms in total. The van der Waals surface area contributed by atoms with E-state index in [1.54, 1.807) is 0 Å². The molecule has 2 aliphatic carbocycles. The van der Waals surface area contributed by atoms with Crippen LogP contribution in [-0.2, 0) is 5.60 Å². The van der Waals surface area contributed by atoms with E-state index in [0.717, 1.165) is 17.9 Å². The molecular weight excluding hydrogens is 160 g/mol. The summed E-state index contributed by atoms with van der Waals surface area (Å²) in [5.74, 6) is 1.39. The van der Waals surface area contributed by atoms with Crippen LogP contribution in [0.25, 0.3) is 0 Å². The Balaban J connectivity index is 2.00. The van der Waals surface area contributed by atoms with E-state index in [9.17, 15) is 5.11 Å². The Morgan fingerprint density at radius 2 is 2.00 bits per heavy atom. The maximum absolute atomic E-state index is 10.5. The fourth-order valence-corrected chi connectivity index (χ4v) is 2.83. The van der Waals surface area contributed by atoms with Crippen LogP contribution < -0.4 is 0 Å². The summed E-state index contributed by atoms with van der Waals surface area (Å²) >= 11 is 0. The second-order valence-corrected chi connectivity index (χ2v) is 4.43. The van der Waals surface area contributed by atoms with Gasteiger partial charge in [0.2, 0.25) is 0 Å². The number of fused-ring (bicyclic) bond motifs is 1. The summed E-state index contributed by atoms with van der Waals surface area (Å²) in [5, 5.41) is 10.5. The highest BCUT2D eigenvalue weighted by Gasteiger charge is 2.57. The van der Waals surface area contributed by atoms with Crippen molar-refractivity contribution in [2.45, 2.75) is 24.9 Å². The molecule has 2 fully saturated rings. The second kappa shape index (κ2) is 2.36. The number of hydrogen-bond donors (Lipinski definition) is 1. The van der Waals surface area contributed by atoms with E-state index in [-0.39, 0.29) is 0 Å². The summed E-state index contributed by atoms with van der Waals surface area (Å²) in [7, 11) is 0. The van der Waals surface area contributed by atoms with Crippen LogP contribution >= 0.6 is 0 Å². The Morgan fingerprint density at radius 1 is 1.23 bits per heavy atom. The van der Waals surface area contributed by atoms with E-state index < -0.39 is 5.60 Å². The highest BCUT2D eigenvalue weighted by Crippen LogP contribution is 2.61. The molecule has 0 saturated heterocycles. The average molecular weight is 174 g/mol. The zero-order chi connectivity index (χ0) is 8.89. The fourth-order valence-electron chi connectivity index (χ4n) is 2.83. The molecular formula is C12H14O. The van der Waals surface area contributed by atoms with Crippen LogP contribution in [0.5, 0.6) is 0 Å². The summed E-state index contributed by atoms with van der Waals surface area (Å²) in [6.45, 7) is 0. The quantitative estimate of drug-likeness (QED) is 0.692. The monoisotopic (exact) mass is 174 g/mol. The Morgan fingerprint density at radius 3 is 2.54 bits per heavy atom. The van der Waals surface area contributed by atoms with Crippen LogP contribution in [0.3, 0.4) is 0 Å². The third kappa shape index (κ3) is 0.969. The molecule has 3 rings (SSSR count). The minimum atomic E-state index is -0.480. The van der Waals surface area contributed by atoms with Gasteiger partial charge < -0.3 is 5.11 Å². The Labute approximate surface area is 78.4 Å². The normalized spacial score (nSPS) is 41.6. The summed E-state index contributed by atoms with van der Waals surface area (Å²) < 4.78 is 0. The first-order valence-corrected chi connectivity index (χ1v) is 5.08. The van der Waals surface area contributed by atoms with Crippen LogP contribution in [0.4, 0.5) is 0 Å². The third-order valence-corrected chi connectivity index (χ3v) is 3.71. The van der Waals surface area contributed by atoms with Crippen molar-refractivity contribution in [1.29, 1.82) is 0 Å². The van der Waals surface area contributed by atoms with Crippen LogP contribution in [0.2, 0.25) is 0 Å². The van der Waals surface area contributed by atoms with E-state index in [1.165, 1.54) is 12.8 Å². The van der Waals surface area contributed by atoms with Crippen molar-refractivity contribution in [2.75, 3.05) is 0 Å². The van der Waals surface area contributed by atoms with Gasteiger partial charge in [-0.15, -0.1) is 0 Å². The molecule has 2 aliphatic rings. The molecule has 0 bridgehead atoms. The molecule has 0 amide bonds. The number of hydrogen-bond acceptors (Lipinski definition) is 1. The van der Waals surface area contributed by atoms with E-state index in [2.05, 4.69) is 12.1 Å². The molecule has 68 valence electrons. The molecule has 1 aromatic rings. The van der Waals surface area contributed by atoms with Gasteiger partial charge in [0.1, 0.15) is 0 Å². The summed E-state index contributed by atoms with van der Waals surface area (Å²) in [5.41, 5.74) is 0.645. The zero-order valence-corrected chi connectivity index (χ0v) is 7.61. The first kappa shape index (κ1) is 7.57. The molecule has 13 heavy (non-hydrogen) atoms. The van der Waals surface area contributed by atoms with E-state index >= 15 is 0 Å². The topological polar surface area (TPSA) is 20.2 Å². The summed E-state index contributed by atoms with van der Waals surface area (Å²) in [4.78, 5) is 0.